The average Bonchev–Trinajstić information content (AvgIpc) is 3.41. The fourth-order valence-electron chi connectivity index (χ4n) is 2.49. The summed E-state index contributed by atoms with van der Waals surface area (Å²) in [7, 11) is 3.22. The molecule has 14 heteroatoms. The Morgan fingerprint density at radius 3 is 2.66 bits per heavy atom. The zero-order valence-corrected chi connectivity index (χ0v) is 15.9. The zero-order chi connectivity index (χ0) is 21.1. The fraction of sp³-hybridized carbons (Fsp3) is 0.333. The molecule has 0 bridgehead atoms. The van der Waals surface area contributed by atoms with Crippen LogP contribution in [0.3, 0.4) is 0 Å². The largest absolute Gasteiger partial charge is 0.491 e. The van der Waals surface area contributed by atoms with Crippen molar-refractivity contribution in [1.82, 2.24) is 39.2 Å². The first-order valence-corrected chi connectivity index (χ1v) is 8.46. The van der Waals surface area contributed by atoms with Crippen molar-refractivity contribution in [2.75, 3.05) is 19.4 Å². The minimum Gasteiger partial charge on any atom is -0.390 e. The highest BCUT2D eigenvalue weighted by Crippen LogP contribution is 2.17. The Morgan fingerprint density at radius 2 is 2.03 bits per heavy atom. The van der Waals surface area contributed by atoms with Crippen LogP contribution < -0.4 is 5.32 Å². The van der Waals surface area contributed by atoms with Crippen LogP contribution in [0, 0.1) is 10.1 Å². The number of carbonyl (C=O) groups is 2. The number of nitrogens with zero attached hydrogens (tertiary/aromatic N) is 9. The third-order valence-electron chi connectivity index (χ3n) is 3.85. The van der Waals surface area contributed by atoms with Gasteiger partial charge in [0.15, 0.2) is 12.4 Å². The first-order valence-electron chi connectivity index (χ1n) is 8.46. The van der Waals surface area contributed by atoms with Crippen LogP contribution in [0.15, 0.2) is 24.8 Å². The third-order valence-corrected chi connectivity index (χ3v) is 3.85. The molecule has 14 nitrogen and oxygen atoms in total. The van der Waals surface area contributed by atoms with Gasteiger partial charge in [-0.2, -0.15) is 14.9 Å². The van der Waals surface area contributed by atoms with Gasteiger partial charge in [-0.1, -0.05) is 4.98 Å². The highest BCUT2D eigenvalue weighted by Gasteiger charge is 2.22. The van der Waals surface area contributed by atoms with Gasteiger partial charge in [-0.15, -0.1) is 0 Å². The Bertz CT molecular complexity index is 1060. The molecule has 0 spiro atoms. The quantitative estimate of drug-likeness (QED) is 0.429. The highest BCUT2D eigenvalue weighted by molar-refractivity contribution is 6.07. The average molecular weight is 402 g/mol. The van der Waals surface area contributed by atoms with Gasteiger partial charge in [-0.25, -0.2) is 4.68 Å². The van der Waals surface area contributed by atoms with Crippen LogP contribution in [0.25, 0.3) is 0 Å². The molecule has 0 radical (unpaired) electrons. The minimum atomic E-state index is -0.707. The van der Waals surface area contributed by atoms with Crippen molar-refractivity contribution in [1.29, 1.82) is 0 Å². The molecule has 3 rings (SSSR count). The molecular formula is C15H18N10O4. The second-order valence-electron chi connectivity index (χ2n) is 6.10. The number of hydrogen-bond donors (Lipinski definition) is 1. The second-order valence-corrected chi connectivity index (χ2v) is 6.10. The van der Waals surface area contributed by atoms with Crippen molar-refractivity contribution in [3.05, 3.63) is 46.3 Å². The summed E-state index contributed by atoms with van der Waals surface area (Å²) in [6, 6.07) is 1.47. The number of hydrogen-bond acceptors (Lipinski definition) is 8. The molecule has 0 aliphatic carbocycles. The Morgan fingerprint density at radius 1 is 1.28 bits per heavy atom. The molecule has 0 aliphatic rings. The van der Waals surface area contributed by atoms with E-state index in [1.165, 1.54) is 43.7 Å². The van der Waals surface area contributed by atoms with Crippen LogP contribution in [-0.2, 0) is 13.2 Å². The van der Waals surface area contributed by atoms with E-state index in [9.17, 15) is 19.7 Å². The maximum atomic E-state index is 12.5. The second kappa shape index (κ2) is 7.87. The summed E-state index contributed by atoms with van der Waals surface area (Å²) in [5, 5.41) is 25.2. The van der Waals surface area contributed by atoms with E-state index in [0.29, 0.717) is 6.54 Å². The summed E-state index contributed by atoms with van der Waals surface area (Å²) in [6.07, 6.45) is 4.12. The van der Waals surface area contributed by atoms with Crippen molar-refractivity contribution in [3.8, 4) is 0 Å². The van der Waals surface area contributed by atoms with Gasteiger partial charge in [0.25, 0.3) is 11.8 Å². The number of aromatic nitrogens is 7. The molecule has 0 atom stereocenters. The number of carbonyl (C=O) groups excluding carboxylic acids is 2. The van der Waals surface area contributed by atoms with E-state index in [0.717, 1.165) is 0 Å². The van der Waals surface area contributed by atoms with E-state index in [-0.39, 0.29) is 29.7 Å². The van der Waals surface area contributed by atoms with E-state index in [4.69, 9.17) is 0 Å². The van der Waals surface area contributed by atoms with E-state index < -0.39 is 16.8 Å². The topological polar surface area (TPSA) is 159 Å². The highest BCUT2D eigenvalue weighted by atomic mass is 16.6. The number of nitro groups is 1. The number of rotatable bonds is 7. The van der Waals surface area contributed by atoms with Crippen LogP contribution >= 0.6 is 0 Å². The summed E-state index contributed by atoms with van der Waals surface area (Å²) in [6.45, 7) is 2.33. The summed E-state index contributed by atoms with van der Waals surface area (Å²) < 4.78 is 4.08. The maximum absolute atomic E-state index is 12.5. The minimum absolute atomic E-state index is 0.0340. The summed E-state index contributed by atoms with van der Waals surface area (Å²) in [5.74, 6) is -1.35. The predicted molar refractivity (Wildman–Crippen MR) is 98.2 cm³/mol. The van der Waals surface area contributed by atoms with Crippen molar-refractivity contribution in [2.45, 2.75) is 20.1 Å². The summed E-state index contributed by atoms with van der Waals surface area (Å²) >= 11 is 0. The third kappa shape index (κ3) is 4.10. The lowest BCUT2D eigenvalue weighted by molar-refractivity contribution is -0.394. The number of amides is 2. The van der Waals surface area contributed by atoms with Gasteiger partial charge in [0.05, 0.1) is 11.9 Å². The van der Waals surface area contributed by atoms with Gasteiger partial charge in [-0.05, 0) is 17.9 Å². The molecule has 3 aromatic heterocycles. The number of aryl methyl sites for hydroxylation is 1. The van der Waals surface area contributed by atoms with Gasteiger partial charge < -0.3 is 20.3 Å². The van der Waals surface area contributed by atoms with Crippen LogP contribution in [0.5, 0.6) is 0 Å². The van der Waals surface area contributed by atoms with Crippen LogP contribution in [0.2, 0.25) is 0 Å². The van der Waals surface area contributed by atoms with Crippen molar-refractivity contribution in [2.24, 2.45) is 0 Å². The van der Waals surface area contributed by atoms with Crippen LogP contribution in [-0.4, -0.2) is 70.1 Å². The standard InChI is InChI=1S/C15H18N10O4/c1-4-24-12(14(27)21(2)3)11(7-17-24)18-13(26)10-5-6-22(19-10)9-23-8-16-15(20-23)25(28)29/h5-8H,4,9H2,1-3H3,(H,18,26). The van der Waals surface area contributed by atoms with Crippen LogP contribution in [0.1, 0.15) is 27.9 Å². The molecule has 0 fully saturated rings. The monoisotopic (exact) mass is 402 g/mol. The lowest BCUT2D eigenvalue weighted by Gasteiger charge is -2.13. The Labute approximate surface area is 163 Å². The van der Waals surface area contributed by atoms with E-state index in [1.54, 1.807) is 14.1 Å². The summed E-state index contributed by atoms with van der Waals surface area (Å²) in [5.41, 5.74) is 0.629. The Balaban J connectivity index is 1.74. The molecule has 0 aromatic carbocycles. The SMILES string of the molecule is CCn1ncc(NC(=O)c2ccn(Cn3cnc([N+](=O)[O-])n3)n2)c1C(=O)N(C)C. The normalized spacial score (nSPS) is 10.7. The van der Waals surface area contributed by atoms with E-state index >= 15 is 0 Å². The Kier molecular flexibility index (Phi) is 5.34. The van der Waals surface area contributed by atoms with E-state index in [1.807, 2.05) is 6.92 Å². The van der Waals surface area contributed by atoms with Crippen molar-refractivity contribution >= 4 is 23.5 Å². The summed E-state index contributed by atoms with van der Waals surface area (Å²) in [4.78, 5) is 39.8. The van der Waals surface area contributed by atoms with Gasteiger partial charge in [0.2, 0.25) is 6.33 Å². The van der Waals surface area contributed by atoms with Gasteiger partial charge in [-0.3, -0.25) is 14.3 Å². The first-order chi connectivity index (χ1) is 13.8. The predicted octanol–water partition coefficient (Wildman–Crippen LogP) is 0.0591. The first kappa shape index (κ1) is 19.7. The molecule has 3 aromatic rings. The molecule has 0 aliphatic heterocycles. The molecule has 0 saturated heterocycles. The van der Waals surface area contributed by atoms with Gasteiger partial charge in [0.1, 0.15) is 5.69 Å². The lowest BCUT2D eigenvalue weighted by Crippen LogP contribution is -2.26. The molecule has 29 heavy (non-hydrogen) atoms. The molecule has 0 unspecified atom stereocenters. The van der Waals surface area contributed by atoms with Crippen molar-refractivity contribution in [3.63, 3.8) is 0 Å². The molecule has 0 saturated carbocycles. The molecular weight excluding hydrogens is 384 g/mol. The van der Waals surface area contributed by atoms with E-state index in [2.05, 4.69) is 25.6 Å². The lowest BCUT2D eigenvalue weighted by atomic mass is 10.3. The van der Waals surface area contributed by atoms with Gasteiger partial charge >= 0.3 is 5.95 Å². The smallest absolute Gasteiger partial charge is 0.390 e. The molecule has 2 amide bonds. The maximum Gasteiger partial charge on any atom is 0.491 e. The number of nitrogens with one attached hydrogen (secondary N) is 1. The number of anilines is 1. The molecule has 152 valence electrons. The zero-order valence-electron chi connectivity index (χ0n) is 15.9. The molecule has 1 N–H and O–H groups in total. The van der Waals surface area contributed by atoms with Gasteiger partial charge in [0, 0.05) is 31.9 Å². The fourth-order valence-corrected chi connectivity index (χ4v) is 2.49. The Hall–Kier alpha value is -4.10. The van der Waals surface area contributed by atoms with Crippen molar-refractivity contribution < 1.29 is 14.5 Å². The molecule has 3 heterocycles. The van der Waals surface area contributed by atoms with Crippen LogP contribution in [0.4, 0.5) is 11.6 Å².